The summed E-state index contributed by atoms with van der Waals surface area (Å²) in [5.41, 5.74) is 0.889. The first-order chi connectivity index (χ1) is 11.6. The SMILES string of the molecule is O=C(NCc1ccccc1Cl)N1CCN(C(=O)C2CCCO2)CC1. The Morgan fingerprint density at radius 1 is 1.17 bits per heavy atom. The summed E-state index contributed by atoms with van der Waals surface area (Å²) in [5, 5.41) is 3.53. The van der Waals surface area contributed by atoms with Crippen molar-refractivity contribution in [2.75, 3.05) is 32.8 Å². The Labute approximate surface area is 146 Å². The van der Waals surface area contributed by atoms with Crippen molar-refractivity contribution in [2.24, 2.45) is 0 Å². The lowest BCUT2D eigenvalue weighted by Crippen LogP contribution is -2.54. The number of amides is 3. The van der Waals surface area contributed by atoms with E-state index in [-0.39, 0.29) is 18.0 Å². The minimum Gasteiger partial charge on any atom is -0.368 e. The number of carbonyl (C=O) groups is 2. The standard InChI is InChI=1S/C17H22ClN3O3/c18-14-5-2-1-4-13(14)12-19-17(23)21-9-7-20(8-10-21)16(22)15-6-3-11-24-15/h1-2,4-5,15H,3,6-12H2,(H,19,23). The van der Waals surface area contributed by atoms with E-state index in [1.165, 1.54) is 0 Å². The highest BCUT2D eigenvalue weighted by molar-refractivity contribution is 6.31. The van der Waals surface area contributed by atoms with E-state index in [9.17, 15) is 9.59 Å². The van der Waals surface area contributed by atoms with Crippen LogP contribution in [0.2, 0.25) is 5.02 Å². The zero-order valence-electron chi connectivity index (χ0n) is 13.5. The molecule has 2 saturated heterocycles. The fourth-order valence-corrected chi connectivity index (χ4v) is 3.23. The van der Waals surface area contributed by atoms with Crippen LogP contribution in [0.5, 0.6) is 0 Å². The van der Waals surface area contributed by atoms with Crippen LogP contribution in [0.15, 0.2) is 24.3 Å². The average Bonchev–Trinajstić information content (AvgIpc) is 3.15. The summed E-state index contributed by atoms with van der Waals surface area (Å²) in [6.07, 6.45) is 1.46. The molecule has 130 valence electrons. The molecule has 24 heavy (non-hydrogen) atoms. The van der Waals surface area contributed by atoms with Gasteiger partial charge in [-0.1, -0.05) is 29.8 Å². The van der Waals surface area contributed by atoms with Crippen molar-refractivity contribution in [2.45, 2.75) is 25.5 Å². The molecule has 7 heteroatoms. The summed E-state index contributed by atoms with van der Waals surface area (Å²) in [6, 6.07) is 7.32. The van der Waals surface area contributed by atoms with E-state index < -0.39 is 0 Å². The van der Waals surface area contributed by atoms with Gasteiger partial charge in [0.05, 0.1) is 0 Å². The lowest BCUT2D eigenvalue weighted by Gasteiger charge is -2.35. The maximum absolute atomic E-state index is 12.3. The summed E-state index contributed by atoms with van der Waals surface area (Å²) >= 11 is 6.09. The smallest absolute Gasteiger partial charge is 0.317 e. The molecular weight excluding hydrogens is 330 g/mol. The van der Waals surface area contributed by atoms with Crippen LogP contribution in [0, 0.1) is 0 Å². The number of urea groups is 1. The van der Waals surface area contributed by atoms with Gasteiger partial charge in [-0.05, 0) is 24.5 Å². The number of halogens is 1. The average molecular weight is 352 g/mol. The zero-order valence-corrected chi connectivity index (χ0v) is 14.3. The Kier molecular flexibility index (Phi) is 5.58. The lowest BCUT2D eigenvalue weighted by molar-refractivity contribution is -0.142. The predicted molar refractivity (Wildman–Crippen MR) is 90.8 cm³/mol. The van der Waals surface area contributed by atoms with Gasteiger partial charge in [-0.15, -0.1) is 0 Å². The second-order valence-electron chi connectivity index (χ2n) is 6.06. The summed E-state index contributed by atoms with van der Waals surface area (Å²) in [7, 11) is 0. The van der Waals surface area contributed by atoms with Crippen LogP contribution in [0.25, 0.3) is 0 Å². The number of nitrogens with one attached hydrogen (secondary N) is 1. The van der Waals surface area contributed by atoms with Gasteiger partial charge in [0, 0.05) is 44.4 Å². The number of hydrogen-bond donors (Lipinski definition) is 1. The number of carbonyl (C=O) groups excluding carboxylic acids is 2. The van der Waals surface area contributed by atoms with Crippen LogP contribution in [-0.4, -0.2) is 60.6 Å². The van der Waals surface area contributed by atoms with Gasteiger partial charge in [-0.2, -0.15) is 0 Å². The fraction of sp³-hybridized carbons (Fsp3) is 0.529. The third kappa shape index (κ3) is 3.99. The summed E-state index contributed by atoms with van der Waals surface area (Å²) in [6.45, 7) is 3.24. The topological polar surface area (TPSA) is 61.9 Å². The maximum atomic E-state index is 12.3. The first kappa shape index (κ1) is 17.0. The highest BCUT2D eigenvalue weighted by atomic mass is 35.5. The molecule has 0 bridgehead atoms. The molecular formula is C17H22ClN3O3. The summed E-state index contributed by atoms with van der Waals surface area (Å²) in [5.74, 6) is 0.0589. The summed E-state index contributed by atoms with van der Waals surface area (Å²) in [4.78, 5) is 28.1. The van der Waals surface area contributed by atoms with E-state index in [1.807, 2.05) is 18.2 Å². The molecule has 2 heterocycles. The van der Waals surface area contributed by atoms with Crippen molar-refractivity contribution in [1.29, 1.82) is 0 Å². The molecule has 2 aliphatic heterocycles. The molecule has 3 amide bonds. The third-order valence-corrected chi connectivity index (χ3v) is 4.84. The highest BCUT2D eigenvalue weighted by Gasteiger charge is 2.31. The Morgan fingerprint density at radius 2 is 1.88 bits per heavy atom. The minimum absolute atomic E-state index is 0.0589. The van der Waals surface area contributed by atoms with E-state index in [0.717, 1.165) is 18.4 Å². The van der Waals surface area contributed by atoms with E-state index in [2.05, 4.69) is 5.32 Å². The van der Waals surface area contributed by atoms with Crippen molar-refractivity contribution in [3.8, 4) is 0 Å². The van der Waals surface area contributed by atoms with Gasteiger partial charge < -0.3 is 19.9 Å². The van der Waals surface area contributed by atoms with Crippen molar-refractivity contribution >= 4 is 23.5 Å². The molecule has 6 nitrogen and oxygen atoms in total. The first-order valence-electron chi connectivity index (χ1n) is 8.32. The van der Waals surface area contributed by atoms with E-state index >= 15 is 0 Å². The van der Waals surface area contributed by atoms with Crippen LogP contribution in [-0.2, 0) is 16.1 Å². The quantitative estimate of drug-likeness (QED) is 0.904. The molecule has 0 aliphatic carbocycles. The predicted octanol–water partition coefficient (Wildman–Crippen LogP) is 1.87. The van der Waals surface area contributed by atoms with Crippen LogP contribution >= 0.6 is 11.6 Å². The molecule has 1 N–H and O–H groups in total. The minimum atomic E-state index is -0.286. The van der Waals surface area contributed by atoms with Gasteiger partial charge in [-0.25, -0.2) is 4.79 Å². The van der Waals surface area contributed by atoms with Gasteiger partial charge in [0.15, 0.2) is 0 Å². The number of benzene rings is 1. The van der Waals surface area contributed by atoms with Gasteiger partial charge >= 0.3 is 6.03 Å². The molecule has 1 aromatic carbocycles. The van der Waals surface area contributed by atoms with Gasteiger partial charge in [0.25, 0.3) is 5.91 Å². The van der Waals surface area contributed by atoms with Crippen molar-refractivity contribution in [3.05, 3.63) is 34.9 Å². The van der Waals surface area contributed by atoms with Gasteiger partial charge in [0.2, 0.25) is 0 Å². The van der Waals surface area contributed by atoms with Crippen molar-refractivity contribution < 1.29 is 14.3 Å². The Balaban J connectivity index is 1.45. The molecule has 2 aliphatic rings. The van der Waals surface area contributed by atoms with E-state index in [0.29, 0.717) is 44.4 Å². The number of piperazine rings is 1. The molecule has 1 atom stereocenters. The molecule has 0 aromatic heterocycles. The monoisotopic (exact) mass is 351 g/mol. The number of rotatable bonds is 3. The Hall–Kier alpha value is -1.79. The van der Waals surface area contributed by atoms with Crippen LogP contribution in [0.4, 0.5) is 4.79 Å². The van der Waals surface area contributed by atoms with Crippen LogP contribution < -0.4 is 5.32 Å². The normalized spacial score (nSPS) is 21.0. The number of nitrogens with zero attached hydrogens (tertiary/aromatic N) is 2. The second-order valence-corrected chi connectivity index (χ2v) is 6.47. The van der Waals surface area contributed by atoms with Crippen LogP contribution in [0.1, 0.15) is 18.4 Å². The second kappa shape index (κ2) is 7.85. The Bertz CT molecular complexity index is 596. The van der Waals surface area contributed by atoms with E-state index in [4.69, 9.17) is 16.3 Å². The van der Waals surface area contributed by atoms with Crippen molar-refractivity contribution in [3.63, 3.8) is 0 Å². The largest absolute Gasteiger partial charge is 0.368 e. The molecule has 0 saturated carbocycles. The van der Waals surface area contributed by atoms with E-state index in [1.54, 1.807) is 15.9 Å². The number of ether oxygens (including phenoxy) is 1. The number of hydrogen-bond acceptors (Lipinski definition) is 3. The third-order valence-electron chi connectivity index (χ3n) is 4.47. The molecule has 0 spiro atoms. The summed E-state index contributed by atoms with van der Waals surface area (Å²) < 4.78 is 5.44. The van der Waals surface area contributed by atoms with Gasteiger partial charge in [-0.3, -0.25) is 4.79 Å². The highest BCUT2D eigenvalue weighted by Crippen LogP contribution is 2.17. The molecule has 1 aromatic rings. The molecule has 0 radical (unpaired) electrons. The van der Waals surface area contributed by atoms with Crippen molar-refractivity contribution in [1.82, 2.24) is 15.1 Å². The van der Waals surface area contributed by atoms with Crippen LogP contribution in [0.3, 0.4) is 0 Å². The first-order valence-corrected chi connectivity index (χ1v) is 8.69. The zero-order chi connectivity index (χ0) is 16.9. The maximum Gasteiger partial charge on any atom is 0.317 e. The Morgan fingerprint density at radius 3 is 2.54 bits per heavy atom. The molecule has 3 rings (SSSR count). The van der Waals surface area contributed by atoms with Gasteiger partial charge in [0.1, 0.15) is 6.10 Å². The lowest BCUT2D eigenvalue weighted by atomic mass is 10.2. The fourth-order valence-electron chi connectivity index (χ4n) is 3.03. The molecule has 2 fully saturated rings. The molecule has 1 unspecified atom stereocenters.